The van der Waals surface area contributed by atoms with Gasteiger partial charge in [0.05, 0.1) is 6.61 Å². The lowest BCUT2D eigenvalue weighted by molar-refractivity contribution is -0.125. The number of rotatable bonds is 8. The molecule has 0 bridgehead atoms. The van der Waals surface area contributed by atoms with Gasteiger partial charge in [0.25, 0.3) is 0 Å². The molecule has 0 aromatic carbocycles. The highest BCUT2D eigenvalue weighted by atomic mass is 16.5. The van der Waals surface area contributed by atoms with Gasteiger partial charge in [-0.15, -0.1) is 0 Å². The van der Waals surface area contributed by atoms with Crippen LogP contribution in [-0.2, 0) is 9.53 Å². The molecular weight excluding hydrogens is 182 g/mol. The number of likely N-dealkylation sites (N-methyl/N-ethyl adjacent to an activating group) is 1. The van der Waals surface area contributed by atoms with E-state index in [2.05, 4.69) is 17.1 Å². The highest BCUT2D eigenvalue weighted by Crippen LogP contribution is 1.78. The number of nitrogens with two attached hydrogens (primary N) is 1. The number of nitrogens with zero attached hydrogens (tertiary/aromatic N) is 1. The summed E-state index contributed by atoms with van der Waals surface area (Å²) in [6.07, 6.45) is 0. The molecule has 0 heterocycles. The zero-order chi connectivity index (χ0) is 10.8. The summed E-state index contributed by atoms with van der Waals surface area (Å²) in [7, 11) is 2.01. The Morgan fingerprint density at radius 3 is 2.86 bits per heavy atom. The molecule has 14 heavy (non-hydrogen) atoms. The minimum atomic E-state index is -0.0806. The van der Waals surface area contributed by atoms with Crippen LogP contribution in [0.4, 0.5) is 0 Å². The van der Waals surface area contributed by atoms with E-state index in [1.807, 2.05) is 7.05 Å². The molecule has 0 aliphatic heterocycles. The Bertz CT molecular complexity index is 153. The van der Waals surface area contributed by atoms with Crippen molar-refractivity contribution in [3.8, 4) is 0 Å². The number of ether oxygens (including phenoxy) is 1. The van der Waals surface area contributed by atoms with E-state index < -0.39 is 0 Å². The van der Waals surface area contributed by atoms with Crippen molar-refractivity contribution in [2.75, 3.05) is 46.4 Å². The average molecular weight is 203 g/mol. The predicted molar refractivity (Wildman–Crippen MR) is 56.1 cm³/mol. The molecule has 0 spiro atoms. The Labute approximate surface area is 85.6 Å². The first-order valence-electron chi connectivity index (χ1n) is 4.93. The second-order valence-corrected chi connectivity index (χ2v) is 3.09. The standard InChI is InChI=1S/C9H21N3O2/c1-3-12(2)6-5-11-9(13)8-14-7-4-10/h3-8,10H2,1-2H3,(H,11,13). The number of carbonyl (C=O) groups is 1. The van der Waals surface area contributed by atoms with Crippen LogP contribution in [0.15, 0.2) is 0 Å². The molecule has 0 aliphatic carbocycles. The molecule has 0 radical (unpaired) electrons. The van der Waals surface area contributed by atoms with Crippen molar-refractivity contribution in [1.29, 1.82) is 0 Å². The van der Waals surface area contributed by atoms with Gasteiger partial charge in [-0.2, -0.15) is 0 Å². The van der Waals surface area contributed by atoms with E-state index in [0.717, 1.165) is 13.1 Å². The van der Waals surface area contributed by atoms with Crippen LogP contribution in [0.25, 0.3) is 0 Å². The van der Waals surface area contributed by atoms with E-state index >= 15 is 0 Å². The monoisotopic (exact) mass is 203 g/mol. The fraction of sp³-hybridized carbons (Fsp3) is 0.889. The van der Waals surface area contributed by atoms with Gasteiger partial charge in [0.2, 0.25) is 5.91 Å². The van der Waals surface area contributed by atoms with Crippen LogP contribution < -0.4 is 11.1 Å². The maximum Gasteiger partial charge on any atom is 0.246 e. The first-order chi connectivity index (χ1) is 6.70. The number of hydrogen-bond acceptors (Lipinski definition) is 4. The molecule has 0 aromatic heterocycles. The number of nitrogens with one attached hydrogen (secondary N) is 1. The summed E-state index contributed by atoms with van der Waals surface area (Å²) in [5.41, 5.74) is 5.21. The zero-order valence-electron chi connectivity index (χ0n) is 9.08. The Morgan fingerprint density at radius 2 is 2.29 bits per heavy atom. The number of amides is 1. The van der Waals surface area contributed by atoms with E-state index in [0.29, 0.717) is 19.7 Å². The lowest BCUT2D eigenvalue weighted by atomic mass is 10.5. The number of carbonyl (C=O) groups excluding carboxylic acids is 1. The topological polar surface area (TPSA) is 67.6 Å². The largest absolute Gasteiger partial charge is 0.370 e. The Hall–Kier alpha value is -0.650. The van der Waals surface area contributed by atoms with Crippen molar-refractivity contribution in [3.63, 3.8) is 0 Å². The van der Waals surface area contributed by atoms with E-state index in [4.69, 9.17) is 10.5 Å². The SMILES string of the molecule is CCN(C)CCNC(=O)COCCN. The van der Waals surface area contributed by atoms with Crippen molar-refractivity contribution in [2.24, 2.45) is 5.73 Å². The molecule has 0 fully saturated rings. The van der Waals surface area contributed by atoms with E-state index in [9.17, 15) is 4.79 Å². The van der Waals surface area contributed by atoms with Gasteiger partial charge in [-0.05, 0) is 13.6 Å². The molecule has 5 nitrogen and oxygen atoms in total. The maximum absolute atomic E-state index is 11.1. The highest BCUT2D eigenvalue weighted by Gasteiger charge is 2.00. The molecule has 0 saturated carbocycles. The van der Waals surface area contributed by atoms with Crippen LogP contribution >= 0.6 is 0 Å². The van der Waals surface area contributed by atoms with Gasteiger partial charge in [0.1, 0.15) is 6.61 Å². The van der Waals surface area contributed by atoms with Gasteiger partial charge in [0.15, 0.2) is 0 Å². The van der Waals surface area contributed by atoms with Crippen molar-refractivity contribution >= 4 is 5.91 Å². The summed E-state index contributed by atoms with van der Waals surface area (Å²) < 4.78 is 4.98. The molecule has 0 atom stereocenters. The molecule has 0 saturated heterocycles. The van der Waals surface area contributed by atoms with E-state index in [1.165, 1.54) is 0 Å². The predicted octanol–water partition coefficient (Wildman–Crippen LogP) is -0.970. The number of hydrogen-bond donors (Lipinski definition) is 2. The first kappa shape index (κ1) is 13.4. The average Bonchev–Trinajstić information content (AvgIpc) is 2.18. The van der Waals surface area contributed by atoms with Crippen LogP contribution in [0.3, 0.4) is 0 Å². The van der Waals surface area contributed by atoms with Gasteiger partial charge >= 0.3 is 0 Å². The summed E-state index contributed by atoms with van der Waals surface area (Å²) in [5.74, 6) is -0.0806. The lowest BCUT2D eigenvalue weighted by Crippen LogP contribution is -2.35. The first-order valence-corrected chi connectivity index (χ1v) is 4.93. The van der Waals surface area contributed by atoms with Crippen LogP contribution in [0.5, 0.6) is 0 Å². The fourth-order valence-corrected chi connectivity index (χ4v) is 0.844. The van der Waals surface area contributed by atoms with Crippen molar-refractivity contribution < 1.29 is 9.53 Å². The Kier molecular flexibility index (Phi) is 8.51. The second-order valence-electron chi connectivity index (χ2n) is 3.09. The third-order valence-corrected chi connectivity index (χ3v) is 1.85. The van der Waals surface area contributed by atoms with Crippen molar-refractivity contribution in [3.05, 3.63) is 0 Å². The van der Waals surface area contributed by atoms with Gasteiger partial charge in [0, 0.05) is 19.6 Å². The summed E-state index contributed by atoms with van der Waals surface area (Å²) in [4.78, 5) is 13.2. The minimum absolute atomic E-state index is 0.0806. The molecule has 84 valence electrons. The normalized spacial score (nSPS) is 10.6. The van der Waals surface area contributed by atoms with Gasteiger partial charge < -0.3 is 20.7 Å². The van der Waals surface area contributed by atoms with Crippen LogP contribution in [-0.4, -0.2) is 57.2 Å². The molecule has 0 rings (SSSR count). The highest BCUT2D eigenvalue weighted by molar-refractivity contribution is 5.77. The molecular formula is C9H21N3O2. The smallest absolute Gasteiger partial charge is 0.246 e. The summed E-state index contributed by atoms with van der Waals surface area (Å²) in [5, 5.41) is 2.76. The second kappa shape index (κ2) is 8.93. The molecule has 3 N–H and O–H groups in total. The van der Waals surface area contributed by atoms with Gasteiger partial charge in [-0.1, -0.05) is 6.92 Å². The Balaban J connectivity index is 3.26. The summed E-state index contributed by atoms with van der Waals surface area (Å²) in [6, 6.07) is 0. The Morgan fingerprint density at radius 1 is 1.57 bits per heavy atom. The quantitative estimate of drug-likeness (QED) is 0.498. The van der Waals surface area contributed by atoms with Crippen LogP contribution in [0.2, 0.25) is 0 Å². The lowest BCUT2D eigenvalue weighted by Gasteiger charge is -2.13. The van der Waals surface area contributed by atoms with Crippen molar-refractivity contribution in [1.82, 2.24) is 10.2 Å². The fourth-order valence-electron chi connectivity index (χ4n) is 0.844. The van der Waals surface area contributed by atoms with Gasteiger partial charge in [-0.25, -0.2) is 0 Å². The molecule has 5 heteroatoms. The van der Waals surface area contributed by atoms with E-state index in [1.54, 1.807) is 0 Å². The summed E-state index contributed by atoms with van der Waals surface area (Å²) in [6.45, 7) is 5.57. The maximum atomic E-state index is 11.1. The van der Waals surface area contributed by atoms with Gasteiger partial charge in [-0.3, -0.25) is 4.79 Å². The minimum Gasteiger partial charge on any atom is -0.370 e. The summed E-state index contributed by atoms with van der Waals surface area (Å²) >= 11 is 0. The van der Waals surface area contributed by atoms with Crippen LogP contribution in [0, 0.1) is 0 Å². The zero-order valence-corrected chi connectivity index (χ0v) is 9.08. The van der Waals surface area contributed by atoms with Crippen molar-refractivity contribution in [2.45, 2.75) is 6.92 Å². The third-order valence-electron chi connectivity index (χ3n) is 1.85. The van der Waals surface area contributed by atoms with E-state index in [-0.39, 0.29) is 12.5 Å². The molecule has 1 amide bonds. The van der Waals surface area contributed by atoms with Crippen LogP contribution in [0.1, 0.15) is 6.92 Å². The molecule has 0 aromatic rings. The third kappa shape index (κ3) is 7.97. The molecule has 0 aliphatic rings. The molecule has 0 unspecified atom stereocenters.